The van der Waals surface area contributed by atoms with Gasteiger partial charge in [0.1, 0.15) is 16.5 Å². The van der Waals surface area contributed by atoms with Gasteiger partial charge in [-0.1, -0.05) is 0 Å². The summed E-state index contributed by atoms with van der Waals surface area (Å²) in [7, 11) is -4.00. The Morgan fingerprint density at radius 2 is 1.95 bits per heavy atom. The Labute approximate surface area is 111 Å². The molecule has 1 aliphatic rings. The van der Waals surface area contributed by atoms with Crippen LogP contribution in [-0.4, -0.2) is 28.1 Å². The number of piperidine rings is 1. The van der Waals surface area contributed by atoms with Crippen LogP contribution in [0.1, 0.15) is 12.8 Å². The number of halogens is 2. The summed E-state index contributed by atoms with van der Waals surface area (Å²) in [5, 5.41) is 3.17. The molecule has 0 amide bonds. The molecule has 2 rings (SSSR count). The van der Waals surface area contributed by atoms with E-state index in [1.54, 1.807) is 0 Å². The van der Waals surface area contributed by atoms with E-state index in [4.69, 9.17) is 0 Å². The number of rotatable bonds is 4. The van der Waals surface area contributed by atoms with Gasteiger partial charge in [-0.25, -0.2) is 21.9 Å². The van der Waals surface area contributed by atoms with Gasteiger partial charge in [0.2, 0.25) is 10.0 Å². The smallest absolute Gasteiger partial charge is 0.243 e. The standard InChI is InChI=1S/C12H16F2N2O2S/c13-10-1-2-11(14)12(7-10)19(17,18)16-8-9-3-5-15-6-4-9/h1-2,7,9,15-16H,3-6,8H2. The zero-order valence-electron chi connectivity index (χ0n) is 10.3. The summed E-state index contributed by atoms with van der Waals surface area (Å²) < 4.78 is 52.6. The summed E-state index contributed by atoms with van der Waals surface area (Å²) in [5.74, 6) is -1.49. The number of hydrogen-bond donors (Lipinski definition) is 2. The van der Waals surface area contributed by atoms with Crippen molar-refractivity contribution in [3.63, 3.8) is 0 Å². The van der Waals surface area contributed by atoms with Gasteiger partial charge < -0.3 is 5.32 Å². The number of benzene rings is 1. The fourth-order valence-corrected chi connectivity index (χ4v) is 3.28. The highest BCUT2D eigenvalue weighted by atomic mass is 32.2. The van der Waals surface area contributed by atoms with E-state index in [0.717, 1.165) is 38.1 Å². The Balaban J connectivity index is 2.07. The average Bonchev–Trinajstić information content (AvgIpc) is 2.40. The first-order chi connectivity index (χ1) is 8.99. The van der Waals surface area contributed by atoms with Crippen LogP contribution in [0.2, 0.25) is 0 Å². The number of nitrogens with one attached hydrogen (secondary N) is 2. The van der Waals surface area contributed by atoms with Crippen molar-refractivity contribution in [1.82, 2.24) is 10.0 Å². The van der Waals surface area contributed by atoms with Gasteiger partial charge in [-0.2, -0.15) is 0 Å². The second kappa shape index (κ2) is 5.94. The third-order valence-electron chi connectivity index (χ3n) is 3.20. The predicted molar refractivity (Wildman–Crippen MR) is 67.1 cm³/mol. The van der Waals surface area contributed by atoms with Crippen molar-refractivity contribution in [2.45, 2.75) is 17.7 Å². The van der Waals surface area contributed by atoms with Crippen LogP contribution in [0.3, 0.4) is 0 Å². The highest BCUT2D eigenvalue weighted by Crippen LogP contribution is 2.17. The lowest BCUT2D eigenvalue weighted by molar-refractivity contribution is 0.372. The lowest BCUT2D eigenvalue weighted by Crippen LogP contribution is -2.36. The zero-order valence-corrected chi connectivity index (χ0v) is 11.1. The van der Waals surface area contributed by atoms with Crippen molar-refractivity contribution in [3.05, 3.63) is 29.8 Å². The van der Waals surface area contributed by atoms with Gasteiger partial charge >= 0.3 is 0 Å². The Morgan fingerprint density at radius 1 is 1.26 bits per heavy atom. The minimum absolute atomic E-state index is 0.229. The molecule has 1 fully saturated rings. The SMILES string of the molecule is O=S(=O)(NCC1CCNCC1)c1cc(F)ccc1F. The molecule has 106 valence electrons. The van der Waals surface area contributed by atoms with Crippen LogP contribution in [0.5, 0.6) is 0 Å². The van der Waals surface area contributed by atoms with Crippen molar-refractivity contribution >= 4 is 10.0 Å². The summed E-state index contributed by atoms with van der Waals surface area (Å²) >= 11 is 0. The average molecular weight is 290 g/mol. The molecule has 0 radical (unpaired) electrons. The third-order valence-corrected chi connectivity index (χ3v) is 4.64. The molecule has 0 aromatic heterocycles. The van der Waals surface area contributed by atoms with Gasteiger partial charge in [-0.05, 0) is 50.0 Å². The van der Waals surface area contributed by atoms with Gasteiger partial charge in [-0.15, -0.1) is 0 Å². The Hall–Kier alpha value is -1.05. The van der Waals surface area contributed by atoms with Crippen molar-refractivity contribution in [2.24, 2.45) is 5.92 Å². The van der Waals surface area contributed by atoms with E-state index in [0.29, 0.717) is 6.07 Å². The molecule has 4 nitrogen and oxygen atoms in total. The maximum absolute atomic E-state index is 13.4. The molecule has 19 heavy (non-hydrogen) atoms. The third kappa shape index (κ3) is 3.71. The highest BCUT2D eigenvalue weighted by molar-refractivity contribution is 7.89. The van der Waals surface area contributed by atoms with Crippen LogP contribution in [-0.2, 0) is 10.0 Å². The largest absolute Gasteiger partial charge is 0.317 e. The van der Waals surface area contributed by atoms with E-state index in [1.165, 1.54) is 0 Å². The number of sulfonamides is 1. The van der Waals surface area contributed by atoms with Crippen molar-refractivity contribution in [2.75, 3.05) is 19.6 Å². The molecule has 7 heteroatoms. The zero-order chi connectivity index (χ0) is 13.9. The normalized spacial score (nSPS) is 17.6. The molecule has 1 aromatic carbocycles. The lowest BCUT2D eigenvalue weighted by atomic mass is 9.99. The van der Waals surface area contributed by atoms with Gasteiger partial charge in [-0.3, -0.25) is 0 Å². The molecule has 0 atom stereocenters. The first kappa shape index (κ1) is 14.4. The molecule has 0 aliphatic carbocycles. The Kier molecular flexibility index (Phi) is 4.49. The van der Waals surface area contributed by atoms with Gasteiger partial charge in [0.15, 0.2) is 0 Å². The minimum Gasteiger partial charge on any atom is -0.317 e. The van der Waals surface area contributed by atoms with E-state index < -0.39 is 26.6 Å². The second-order valence-corrected chi connectivity index (χ2v) is 6.36. The van der Waals surface area contributed by atoms with Gasteiger partial charge in [0.25, 0.3) is 0 Å². The van der Waals surface area contributed by atoms with Crippen LogP contribution in [0.25, 0.3) is 0 Å². The van der Waals surface area contributed by atoms with Crippen molar-refractivity contribution in [3.8, 4) is 0 Å². The molecule has 1 aromatic rings. The summed E-state index contributed by atoms with van der Waals surface area (Å²) in [6.07, 6.45) is 1.74. The maximum atomic E-state index is 13.4. The van der Waals surface area contributed by atoms with Crippen molar-refractivity contribution in [1.29, 1.82) is 0 Å². The fourth-order valence-electron chi connectivity index (χ4n) is 2.07. The molecular weight excluding hydrogens is 274 g/mol. The van der Waals surface area contributed by atoms with E-state index >= 15 is 0 Å². The van der Waals surface area contributed by atoms with Crippen LogP contribution >= 0.6 is 0 Å². The van der Waals surface area contributed by atoms with Gasteiger partial charge in [0, 0.05) is 6.54 Å². The maximum Gasteiger partial charge on any atom is 0.243 e. The highest BCUT2D eigenvalue weighted by Gasteiger charge is 2.22. The molecule has 0 saturated carbocycles. The van der Waals surface area contributed by atoms with Crippen LogP contribution < -0.4 is 10.0 Å². The molecule has 2 N–H and O–H groups in total. The van der Waals surface area contributed by atoms with E-state index in [2.05, 4.69) is 10.0 Å². The first-order valence-electron chi connectivity index (χ1n) is 6.14. The first-order valence-corrected chi connectivity index (χ1v) is 7.63. The van der Waals surface area contributed by atoms with Crippen LogP contribution in [0.15, 0.2) is 23.1 Å². The van der Waals surface area contributed by atoms with E-state index in [-0.39, 0.29) is 12.5 Å². The Morgan fingerprint density at radius 3 is 2.63 bits per heavy atom. The quantitative estimate of drug-likeness (QED) is 0.877. The Bertz CT molecular complexity index is 543. The molecule has 1 heterocycles. The molecule has 0 spiro atoms. The fraction of sp³-hybridized carbons (Fsp3) is 0.500. The summed E-state index contributed by atoms with van der Waals surface area (Å²) in [5.41, 5.74) is 0. The minimum atomic E-state index is -4.00. The van der Waals surface area contributed by atoms with Crippen LogP contribution in [0, 0.1) is 17.6 Å². The molecule has 0 bridgehead atoms. The van der Waals surface area contributed by atoms with Gasteiger partial charge in [0.05, 0.1) is 0 Å². The summed E-state index contributed by atoms with van der Waals surface area (Å²) in [4.78, 5) is -0.638. The number of hydrogen-bond acceptors (Lipinski definition) is 3. The van der Waals surface area contributed by atoms with E-state index in [9.17, 15) is 17.2 Å². The summed E-state index contributed by atoms with van der Waals surface area (Å²) in [6, 6.07) is 2.40. The van der Waals surface area contributed by atoms with Crippen LogP contribution in [0.4, 0.5) is 8.78 Å². The molecule has 0 unspecified atom stereocenters. The predicted octanol–water partition coefficient (Wildman–Crippen LogP) is 1.24. The topological polar surface area (TPSA) is 58.2 Å². The van der Waals surface area contributed by atoms with E-state index in [1.807, 2.05) is 0 Å². The molecule has 1 saturated heterocycles. The summed E-state index contributed by atoms with van der Waals surface area (Å²) in [6.45, 7) is 1.95. The van der Waals surface area contributed by atoms with Crippen molar-refractivity contribution < 1.29 is 17.2 Å². The lowest BCUT2D eigenvalue weighted by Gasteiger charge is -2.22. The monoisotopic (exact) mass is 290 g/mol. The second-order valence-electron chi connectivity index (χ2n) is 4.62. The molecule has 1 aliphatic heterocycles. The molecular formula is C12H16F2N2O2S.